The maximum atomic E-state index is 12.9. The van der Waals surface area contributed by atoms with Gasteiger partial charge in [-0.3, -0.25) is 4.79 Å². The van der Waals surface area contributed by atoms with Gasteiger partial charge in [0, 0.05) is 18.0 Å². The highest BCUT2D eigenvalue weighted by Gasteiger charge is 2.30. The minimum Gasteiger partial charge on any atom is -0.508 e. The summed E-state index contributed by atoms with van der Waals surface area (Å²) in [7, 11) is 0. The molecular weight excluding hydrogens is 418 g/mol. The zero-order valence-electron chi connectivity index (χ0n) is 17.4. The second kappa shape index (κ2) is 10.4. The lowest BCUT2D eigenvalue weighted by Crippen LogP contribution is -2.30. The van der Waals surface area contributed by atoms with E-state index in [1.54, 1.807) is 18.2 Å². The third-order valence-electron chi connectivity index (χ3n) is 5.00. The zero-order valence-corrected chi connectivity index (χ0v) is 17.4. The number of aliphatic hydroxyl groups is 1. The van der Waals surface area contributed by atoms with Crippen molar-refractivity contribution in [1.29, 1.82) is 0 Å². The minimum atomic E-state index is -0.659. The number of nitrogens with one attached hydrogen (secondary N) is 1. The van der Waals surface area contributed by atoms with Crippen LogP contribution in [0.15, 0.2) is 54.3 Å². The first-order valence-corrected chi connectivity index (χ1v) is 10.3. The van der Waals surface area contributed by atoms with Gasteiger partial charge < -0.3 is 39.2 Å². The number of ether oxygens (including phenoxy) is 5. The van der Waals surface area contributed by atoms with Crippen LogP contribution in [-0.2, 0) is 19.0 Å². The monoisotopic (exact) mass is 443 g/mol. The lowest BCUT2D eigenvalue weighted by Gasteiger charge is -2.29. The van der Waals surface area contributed by atoms with Crippen molar-refractivity contribution in [2.75, 3.05) is 38.5 Å². The van der Waals surface area contributed by atoms with Crippen molar-refractivity contribution < 1.29 is 38.7 Å². The molecule has 3 N–H and O–H groups in total. The Morgan fingerprint density at radius 2 is 1.88 bits per heavy atom. The molecule has 2 aromatic rings. The van der Waals surface area contributed by atoms with Gasteiger partial charge in [-0.05, 0) is 48.0 Å². The number of aliphatic hydroxyl groups excluding tert-OH is 1. The molecule has 0 radical (unpaired) electrons. The van der Waals surface area contributed by atoms with Gasteiger partial charge in [0.05, 0.1) is 26.4 Å². The Bertz CT molecular complexity index is 959. The van der Waals surface area contributed by atoms with Crippen LogP contribution in [0.4, 0.5) is 5.69 Å². The average molecular weight is 443 g/mol. The van der Waals surface area contributed by atoms with E-state index in [1.807, 2.05) is 18.2 Å². The van der Waals surface area contributed by atoms with Gasteiger partial charge >= 0.3 is 0 Å². The topological polar surface area (TPSA) is 116 Å². The molecule has 0 spiro atoms. The molecule has 0 bridgehead atoms. The van der Waals surface area contributed by atoms with Crippen molar-refractivity contribution in [1.82, 2.24) is 0 Å². The number of hydrogen-bond acceptors (Lipinski definition) is 8. The molecule has 0 saturated carbocycles. The summed E-state index contributed by atoms with van der Waals surface area (Å²) in [5.74, 6) is 1.01. The SMILES string of the molecule is O=C(Nc1ccc(O)cc1)C1=C[C@H](c2ccc3c(c2)OCO3)C[C@H](OCCOCCO)O1. The fraction of sp³-hybridized carbons (Fsp3) is 0.348. The molecule has 0 aliphatic carbocycles. The highest BCUT2D eigenvalue weighted by molar-refractivity contribution is 6.02. The van der Waals surface area contributed by atoms with Gasteiger partial charge in [-0.1, -0.05) is 6.07 Å². The number of carbonyl (C=O) groups excluding carboxylic acids is 1. The number of hydrogen-bond donors (Lipinski definition) is 3. The number of rotatable bonds is 9. The van der Waals surface area contributed by atoms with Gasteiger partial charge in [-0.25, -0.2) is 0 Å². The largest absolute Gasteiger partial charge is 0.508 e. The summed E-state index contributed by atoms with van der Waals surface area (Å²) in [6.45, 7) is 0.910. The van der Waals surface area contributed by atoms with Gasteiger partial charge in [-0.2, -0.15) is 0 Å². The molecule has 0 unspecified atom stereocenters. The Kier molecular flexibility index (Phi) is 7.10. The van der Waals surface area contributed by atoms with Crippen molar-refractivity contribution in [3.8, 4) is 17.2 Å². The molecule has 0 aromatic heterocycles. The van der Waals surface area contributed by atoms with Gasteiger partial charge in [0.2, 0.25) is 13.1 Å². The van der Waals surface area contributed by atoms with E-state index in [4.69, 9.17) is 28.8 Å². The molecule has 2 aliphatic rings. The van der Waals surface area contributed by atoms with Gasteiger partial charge in [0.1, 0.15) is 5.75 Å². The van der Waals surface area contributed by atoms with Crippen molar-refractivity contribution in [2.45, 2.75) is 18.6 Å². The predicted molar refractivity (Wildman–Crippen MR) is 113 cm³/mol. The van der Waals surface area contributed by atoms with Crippen LogP contribution in [0.3, 0.4) is 0 Å². The van der Waals surface area contributed by atoms with E-state index >= 15 is 0 Å². The molecule has 0 fully saturated rings. The van der Waals surface area contributed by atoms with E-state index in [-0.39, 0.29) is 44.0 Å². The van der Waals surface area contributed by atoms with Crippen molar-refractivity contribution in [3.63, 3.8) is 0 Å². The maximum Gasteiger partial charge on any atom is 0.290 e. The average Bonchev–Trinajstić information content (AvgIpc) is 3.28. The number of phenolic OH excluding ortho intramolecular Hbond substituents is 1. The smallest absolute Gasteiger partial charge is 0.290 e. The van der Waals surface area contributed by atoms with E-state index in [2.05, 4.69) is 5.32 Å². The first-order valence-electron chi connectivity index (χ1n) is 10.3. The lowest BCUT2D eigenvalue weighted by atomic mass is 9.92. The molecule has 32 heavy (non-hydrogen) atoms. The summed E-state index contributed by atoms with van der Waals surface area (Å²) in [6.07, 6.45) is 1.60. The number of anilines is 1. The van der Waals surface area contributed by atoms with E-state index < -0.39 is 12.2 Å². The van der Waals surface area contributed by atoms with Gasteiger partial charge in [-0.15, -0.1) is 0 Å². The Morgan fingerprint density at radius 1 is 1.06 bits per heavy atom. The fourth-order valence-electron chi connectivity index (χ4n) is 3.44. The quantitative estimate of drug-likeness (QED) is 0.400. The summed E-state index contributed by atoms with van der Waals surface area (Å²) in [4.78, 5) is 12.9. The normalized spacial score (nSPS) is 19.2. The van der Waals surface area contributed by atoms with Crippen LogP contribution in [0.5, 0.6) is 17.2 Å². The second-order valence-corrected chi connectivity index (χ2v) is 7.24. The highest BCUT2D eigenvalue weighted by atomic mass is 16.7. The van der Waals surface area contributed by atoms with Gasteiger partial charge in [0.25, 0.3) is 5.91 Å². The third-order valence-corrected chi connectivity index (χ3v) is 5.00. The molecule has 9 nitrogen and oxygen atoms in total. The summed E-state index contributed by atoms with van der Waals surface area (Å²) in [5.41, 5.74) is 1.47. The highest BCUT2D eigenvalue weighted by Crippen LogP contribution is 2.38. The molecule has 2 aromatic carbocycles. The molecule has 2 heterocycles. The number of fused-ring (bicyclic) bond motifs is 1. The summed E-state index contributed by atoms with van der Waals surface area (Å²) in [5, 5.41) is 21.0. The number of phenols is 1. The Hall–Kier alpha value is -3.27. The lowest BCUT2D eigenvalue weighted by molar-refractivity contribution is -0.148. The minimum absolute atomic E-state index is 0.0591. The van der Waals surface area contributed by atoms with Crippen LogP contribution in [-0.4, -0.2) is 55.6 Å². The fourth-order valence-corrected chi connectivity index (χ4v) is 3.44. The van der Waals surface area contributed by atoms with Crippen molar-refractivity contribution in [3.05, 3.63) is 59.9 Å². The van der Waals surface area contributed by atoms with Crippen molar-refractivity contribution >= 4 is 11.6 Å². The number of amides is 1. The van der Waals surface area contributed by atoms with E-state index in [9.17, 15) is 9.90 Å². The molecular formula is C23H25NO8. The van der Waals surface area contributed by atoms with Gasteiger partial charge in [0.15, 0.2) is 17.3 Å². The number of benzene rings is 2. The molecule has 0 saturated heterocycles. The Balaban J connectivity index is 1.49. The number of carbonyl (C=O) groups is 1. The van der Waals surface area contributed by atoms with E-state index in [0.29, 0.717) is 30.2 Å². The second-order valence-electron chi connectivity index (χ2n) is 7.24. The third kappa shape index (κ3) is 5.50. The summed E-state index contributed by atoms with van der Waals surface area (Å²) in [6, 6.07) is 11.8. The van der Waals surface area contributed by atoms with Crippen LogP contribution < -0.4 is 14.8 Å². The molecule has 1 amide bonds. The summed E-state index contributed by atoms with van der Waals surface area (Å²) < 4.78 is 27.7. The molecule has 9 heteroatoms. The summed E-state index contributed by atoms with van der Waals surface area (Å²) >= 11 is 0. The first kappa shape index (κ1) is 21.9. The molecule has 170 valence electrons. The predicted octanol–water partition coefficient (Wildman–Crippen LogP) is 2.50. The zero-order chi connectivity index (χ0) is 22.3. The number of allylic oxidation sites excluding steroid dienone is 1. The van der Waals surface area contributed by atoms with Crippen LogP contribution in [0.25, 0.3) is 0 Å². The van der Waals surface area contributed by atoms with E-state index in [1.165, 1.54) is 12.1 Å². The molecule has 2 aliphatic heterocycles. The maximum absolute atomic E-state index is 12.9. The van der Waals surface area contributed by atoms with Crippen LogP contribution in [0, 0.1) is 0 Å². The number of aromatic hydroxyl groups is 1. The van der Waals surface area contributed by atoms with Crippen molar-refractivity contribution in [2.24, 2.45) is 0 Å². The standard InChI is InChI=1S/C23H25NO8/c25-7-8-28-9-10-29-22-13-16(15-1-6-19-20(11-15)31-14-30-19)12-21(32-22)23(27)24-17-2-4-18(26)5-3-17/h1-6,11-12,16,22,25-26H,7-10,13-14H2,(H,24,27)/t16-,22+/m0/s1. The van der Waals surface area contributed by atoms with Crippen LogP contribution in [0.1, 0.15) is 17.9 Å². The first-order chi connectivity index (χ1) is 15.6. The molecule has 2 atom stereocenters. The Morgan fingerprint density at radius 3 is 2.69 bits per heavy atom. The van der Waals surface area contributed by atoms with E-state index in [0.717, 1.165) is 5.56 Å². The van der Waals surface area contributed by atoms with Crippen LogP contribution >= 0.6 is 0 Å². The van der Waals surface area contributed by atoms with Crippen LogP contribution in [0.2, 0.25) is 0 Å². The molecule has 4 rings (SSSR count). The Labute approximate surface area is 185 Å².